The molecule has 1 aromatic heterocycles. The predicted octanol–water partition coefficient (Wildman–Crippen LogP) is 1.34. The van der Waals surface area contributed by atoms with Gasteiger partial charge in [-0.05, 0) is 54.0 Å². The van der Waals surface area contributed by atoms with E-state index < -0.39 is 0 Å². The molecule has 0 bridgehead atoms. The molecule has 1 fully saturated rings. The van der Waals surface area contributed by atoms with Crippen LogP contribution in [0.2, 0.25) is 0 Å². The van der Waals surface area contributed by atoms with E-state index in [1.165, 1.54) is 0 Å². The van der Waals surface area contributed by atoms with Gasteiger partial charge in [0, 0.05) is 17.2 Å². The molecule has 6 heteroatoms. The topological polar surface area (TPSA) is 63.2 Å². The molecule has 2 heterocycles. The second-order valence-electron chi connectivity index (χ2n) is 4.44. The van der Waals surface area contributed by atoms with Crippen molar-refractivity contribution in [1.82, 2.24) is 15.6 Å². The number of carbonyl (C=O) groups excluding carboxylic acids is 1. The third-order valence-electron chi connectivity index (χ3n) is 2.99. The number of aromatic nitrogens is 1. The maximum atomic E-state index is 11.8. The Balaban J connectivity index is 1.64. The van der Waals surface area contributed by atoms with E-state index in [1.807, 2.05) is 0 Å². The molecule has 0 spiro atoms. The van der Waals surface area contributed by atoms with E-state index in [0.717, 1.165) is 30.4 Å². The molecule has 0 aromatic carbocycles. The summed E-state index contributed by atoms with van der Waals surface area (Å²) in [5.74, 6) is -0.165. The van der Waals surface area contributed by atoms with Crippen LogP contribution in [0, 0.1) is 0 Å². The first-order valence-corrected chi connectivity index (χ1v) is 7.27. The first kappa shape index (κ1) is 14.4. The quantitative estimate of drug-likeness (QED) is 0.801. The Morgan fingerprint density at radius 2 is 2.26 bits per heavy atom. The molecule has 2 N–H and O–H groups in total. The highest BCUT2D eigenvalue weighted by Crippen LogP contribution is 2.08. The summed E-state index contributed by atoms with van der Waals surface area (Å²) in [4.78, 5) is 15.8. The lowest BCUT2D eigenvalue weighted by molar-refractivity contribution is 0.0343. The average Bonchev–Trinajstić information content (AvgIpc) is 2.45. The van der Waals surface area contributed by atoms with E-state index in [9.17, 15) is 4.79 Å². The Kier molecular flexibility index (Phi) is 5.75. The average molecular weight is 328 g/mol. The van der Waals surface area contributed by atoms with E-state index in [0.29, 0.717) is 24.9 Å². The minimum absolute atomic E-state index is 0.165. The highest BCUT2D eigenvalue weighted by molar-refractivity contribution is 9.10. The van der Waals surface area contributed by atoms with Gasteiger partial charge in [0.1, 0.15) is 5.69 Å². The maximum Gasteiger partial charge on any atom is 0.269 e. The van der Waals surface area contributed by atoms with Crippen molar-refractivity contribution in [2.45, 2.75) is 18.9 Å². The zero-order chi connectivity index (χ0) is 13.5. The Bertz CT molecular complexity index is 405. The number of nitrogens with one attached hydrogen (secondary N) is 2. The lowest BCUT2D eigenvalue weighted by atomic mass is 10.1. The first-order chi connectivity index (χ1) is 9.25. The summed E-state index contributed by atoms with van der Waals surface area (Å²) in [6.07, 6.45) is 4.02. The summed E-state index contributed by atoms with van der Waals surface area (Å²) in [6.45, 7) is 3.09. The molecule has 2 rings (SSSR count). The predicted molar refractivity (Wildman–Crippen MR) is 76.1 cm³/mol. The second kappa shape index (κ2) is 7.57. The molecule has 104 valence electrons. The minimum Gasteiger partial charge on any atom is -0.376 e. The van der Waals surface area contributed by atoms with E-state index in [4.69, 9.17) is 4.74 Å². The van der Waals surface area contributed by atoms with Crippen molar-refractivity contribution in [3.63, 3.8) is 0 Å². The molecule has 0 atom stereocenters. The summed E-state index contributed by atoms with van der Waals surface area (Å²) in [7, 11) is 0. The van der Waals surface area contributed by atoms with Crippen LogP contribution < -0.4 is 10.6 Å². The van der Waals surface area contributed by atoms with Crippen molar-refractivity contribution in [3.05, 3.63) is 28.5 Å². The van der Waals surface area contributed by atoms with Gasteiger partial charge in [-0.15, -0.1) is 0 Å². The number of piperidine rings is 1. The number of halogens is 1. The standard InChI is InChI=1S/C13H18BrN3O2/c14-10-1-2-12(17-9-10)13(18)16-7-8-19-11-3-5-15-6-4-11/h1-2,9,11,15H,3-8H2,(H,16,18). The molecule has 0 unspecified atom stereocenters. The molecule has 1 saturated heterocycles. The lowest BCUT2D eigenvalue weighted by Crippen LogP contribution is -2.35. The number of carbonyl (C=O) groups is 1. The molecule has 1 aromatic rings. The third kappa shape index (κ3) is 4.89. The van der Waals surface area contributed by atoms with Gasteiger partial charge in [0.2, 0.25) is 0 Å². The molecule has 0 saturated carbocycles. The van der Waals surface area contributed by atoms with E-state index >= 15 is 0 Å². The summed E-state index contributed by atoms with van der Waals surface area (Å²) >= 11 is 3.28. The minimum atomic E-state index is -0.165. The Hall–Kier alpha value is -0.980. The van der Waals surface area contributed by atoms with Crippen LogP contribution in [0.25, 0.3) is 0 Å². The second-order valence-corrected chi connectivity index (χ2v) is 5.35. The van der Waals surface area contributed by atoms with E-state index in [-0.39, 0.29) is 5.91 Å². The Labute approximate surface area is 121 Å². The van der Waals surface area contributed by atoms with Gasteiger partial charge in [0.05, 0.1) is 12.7 Å². The number of pyridine rings is 1. The van der Waals surface area contributed by atoms with Crippen LogP contribution in [-0.4, -0.2) is 43.2 Å². The summed E-state index contributed by atoms with van der Waals surface area (Å²) < 4.78 is 6.57. The molecular formula is C13H18BrN3O2. The van der Waals surface area contributed by atoms with Crippen LogP contribution in [0.5, 0.6) is 0 Å². The SMILES string of the molecule is O=C(NCCOC1CCNCC1)c1ccc(Br)cn1. The van der Waals surface area contributed by atoms with Crippen molar-refractivity contribution in [3.8, 4) is 0 Å². The number of nitrogens with zero attached hydrogens (tertiary/aromatic N) is 1. The number of rotatable bonds is 5. The van der Waals surface area contributed by atoms with Crippen LogP contribution in [0.4, 0.5) is 0 Å². The van der Waals surface area contributed by atoms with Gasteiger partial charge in [0.15, 0.2) is 0 Å². The Morgan fingerprint density at radius 1 is 1.47 bits per heavy atom. The molecule has 0 radical (unpaired) electrons. The number of amides is 1. The van der Waals surface area contributed by atoms with Crippen LogP contribution >= 0.6 is 15.9 Å². The molecular weight excluding hydrogens is 310 g/mol. The van der Waals surface area contributed by atoms with Crippen LogP contribution in [-0.2, 0) is 4.74 Å². The lowest BCUT2D eigenvalue weighted by Gasteiger charge is -2.22. The largest absolute Gasteiger partial charge is 0.376 e. The number of hydrogen-bond donors (Lipinski definition) is 2. The zero-order valence-corrected chi connectivity index (χ0v) is 12.3. The van der Waals surface area contributed by atoms with Crippen LogP contribution in [0.1, 0.15) is 23.3 Å². The smallest absolute Gasteiger partial charge is 0.269 e. The van der Waals surface area contributed by atoms with Crippen LogP contribution in [0.15, 0.2) is 22.8 Å². The molecule has 1 aliphatic heterocycles. The Morgan fingerprint density at radius 3 is 2.95 bits per heavy atom. The maximum absolute atomic E-state index is 11.8. The first-order valence-electron chi connectivity index (χ1n) is 6.48. The monoisotopic (exact) mass is 327 g/mol. The third-order valence-corrected chi connectivity index (χ3v) is 3.46. The van der Waals surface area contributed by atoms with Crippen molar-refractivity contribution >= 4 is 21.8 Å². The van der Waals surface area contributed by atoms with Gasteiger partial charge in [-0.3, -0.25) is 4.79 Å². The van der Waals surface area contributed by atoms with Gasteiger partial charge in [-0.2, -0.15) is 0 Å². The molecule has 1 amide bonds. The highest BCUT2D eigenvalue weighted by atomic mass is 79.9. The molecule has 19 heavy (non-hydrogen) atoms. The molecule has 1 aliphatic rings. The van der Waals surface area contributed by atoms with Gasteiger partial charge in [-0.1, -0.05) is 0 Å². The number of ether oxygens (including phenoxy) is 1. The molecule has 0 aliphatic carbocycles. The van der Waals surface area contributed by atoms with Gasteiger partial charge in [0.25, 0.3) is 5.91 Å². The van der Waals surface area contributed by atoms with E-state index in [1.54, 1.807) is 18.3 Å². The molecule has 5 nitrogen and oxygen atoms in total. The summed E-state index contributed by atoms with van der Waals surface area (Å²) in [5.41, 5.74) is 0.421. The fraction of sp³-hybridized carbons (Fsp3) is 0.538. The van der Waals surface area contributed by atoms with Crippen molar-refractivity contribution < 1.29 is 9.53 Å². The normalized spacial score (nSPS) is 16.3. The van der Waals surface area contributed by atoms with Crippen molar-refractivity contribution in [2.75, 3.05) is 26.2 Å². The zero-order valence-electron chi connectivity index (χ0n) is 10.7. The van der Waals surface area contributed by atoms with E-state index in [2.05, 4.69) is 31.5 Å². The summed E-state index contributed by atoms with van der Waals surface area (Å²) in [6, 6.07) is 3.49. The highest BCUT2D eigenvalue weighted by Gasteiger charge is 2.13. The van der Waals surface area contributed by atoms with Gasteiger partial charge >= 0.3 is 0 Å². The van der Waals surface area contributed by atoms with Crippen LogP contribution in [0.3, 0.4) is 0 Å². The van der Waals surface area contributed by atoms with Gasteiger partial charge < -0.3 is 15.4 Å². The summed E-state index contributed by atoms with van der Waals surface area (Å²) in [5, 5.41) is 6.09. The van der Waals surface area contributed by atoms with Crippen molar-refractivity contribution in [2.24, 2.45) is 0 Å². The fourth-order valence-corrected chi connectivity index (χ4v) is 2.19. The van der Waals surface area contributed by atoms with Gasteiger partial charge in [-0.25, -0.2) is 4.98 Å². The number of hydrogen-bond acceptors (Lipinski definition) is 4. The fourth-order valence-electron chi connectivity index (χ4n) is 1.95. The van der Waals surface area contributed by atoms with Crippen molar-refractivity contribution in [1.29, 1.82) is 0 Å².